The fraction of sp³-hybridized carbons (Fsp3) is 0.435. The molecule has 1 aromatic carbocycles. The number of carbonyl (C=O) groups excluding carboxylic acids is 2. The van der Waals surface area contributed by atoms with E-state index in [0.29, 0.717) is 17.1 Å². The molecule has 31 heavy (non-hydrogen) atoms. The molecule has 2 heterocycles. The van der Waals surface area contributed by atoms with Gasteiger partial charge in [0.15, 0.2) is 5.76 Å². The maximum atomic E-state index is 13.5. The number of nitrogens with zero attached hydrogens (tertiary/aromatic N) is 3. The highest BCUT2D eigenvalue weighted by Gasteiger charge is 2.44. The van der Waals surface area contributed by atoms with E-state index in [0.717, 1.165) is 41.1 Å². The summed E-state index contributed by atoms with van der Waals surface area (Å²) >= 11 is 4.86. The molecule has 0 saturated carbocycles. The van der Waals surface area contributed by atoms with Crippen molar-refractivity contribution in [2.24, 2.45) is 0 Å². The number of ketones is 1. The molecule has 166 valence electrons. The standard InChI is InChI=1S/C23H28BrN3O3S/c1-5-26(6-2)12-9-13-27-19(16-10-7-8-11-17(16)24)18(21(29)23(27)30)20(28)22-14(3)25-15(4)31-22/h7-8,10-11,19,29H,5-6,9,12-13H2,1-4H3. The van der Waals surface area contributed by atoms with Gasteiger partial charge in [-0.1, -0.05) is 48.0 Å². The van der Waals surface area contributed by atoms with Gasteiger partial charge < -0.3 is 14.9 Å². The van der Waals surface area contributed by atoms with Crippen LogP contribution in [0.4, 0.5) is 0 Å². The van der Waals surface area contributed by atoms with Crippen LogP contribution < -0.4 is 0 Å². The highest BCUT2D eigenvalue weighted by atomic mass is 79.9. The first-order valence-corrected chi connectivity index (χ1v) is 12.1. The van der Waals surface area contributed by atoms with Crippen LogP contribution in [0.15, 0.2) is 40.1 Å². The first-order chi connectivity index (χ1) is 14.8. The summed E-state index contributed by atoms with van der Waals surface area (Å²) in [6, 6.07) is 6.88. The number of aliphatic hydroxyl groups is 1. The third-order valence-electron chi connectivity index (χ3n) is 5.63. The second-order valence-electron chi connectivity index (χ2n) is 7.54. The fourth-order valence-electron chi connectivity index (χ4n) is 4.01. The maximum absolute atomic E-state index is 13.5. The lowest BCUT2D eigenvalue weighted by atomic mass is 9.95. The van der Waals surface area contributed by atoms with Gasteiger partial charge in [0, 0.05) is 11.0 Å². The molecule has 1 aliphatic heterocycles. The summed E-state index contributed by atoms with van der Waals surface area (Å²) in [5, 5.41) is 11.6. The van der Waals surface area contributed by atoms with Crippen molar-refractivity contribution in [2.45, 2.75) is 40.2 Å². The van der Waals surface area contributed by atoms with E-state index in [1.54, 1.807) is 11.8 Å². The van der Waals surface area contributed by atoms with Gasteiger partial charge in [0.05, 0.1) is 27.2 Å². The molecule has 3 rings (SSSR count). The summed E-state index contributed by atoms with van der Waals surface area (Å²) in [5.74, 6) is -1.29. The molecular formula is C23H28BrN3O3S. The normalized spacial score (nSPS) is 16.6. The number of halogens is 1. The number of hydrogen-bond acceptors (Lipinski definition) is 6. The topological polar surface area (TPSA) is 73.7 Å². The van der Waals surface area contributed by atoms with E-state index in [1.807, 2.05) is 31.2 Å². The smallest absolute Gasteiger partial charge is 0.290 e. The summed E-state index contributed by atoms with van der Waals surface area (Å²) in [4.78, 5) is 35.3. The first-order valence-electron chi connectivity index (χ1n) is 10.5. The second-order valence-corrected chi connectivity index (χ2v) is 9.60. The zero-order chi connectivity index (χ0) is 22.7. The SMILES string of the molecule is CCN(CC)CCCN1C(=O)C(O)=C(C(=O)c2sc(C)nc2C)C1c1ccccc1Br. The predicted octanol–water partition coefficient (Wildman–Crippen LogP) is 4.83. The average Bonchev–Trinajstić information content (AvgIpc) is 3.21. The molecule has 1 atom stereocenters. The summed E-state index contributed by atoms with van der Waals surface area (Å²) in [6.45, 7) is 11.0. The number of hydrogen-bond donors (Lipinski definition) is 1. The Balaban J connectivity index is 2.00. The summed E-state index contributed by atoms with van der Waals surface area (Å²) in [7, 11) is 0. The Bertz CT molecular complexity index is 1010. The number of aryl methyl sites for hydroxylation is 2. The zero-order valence-electron chi connectivity index (χ0n) is 18.3. The third-order valence-corrected chi connectivity index (χ3v) is 7.42. The van der Waals surface area contributed by atoms with Crippen LogP contribution in [0.5, 0.6) is 0 Å². The average molecular weight is 506 g/mol. The molecule has 8 heteroatoms. The van der Waals surface area contributed by atoms with Crippen molar-refractivity contribution in [1.29, 1.82) is 0 Å². The molecular weight excluding hydrogens is 478 g/mol. The molecule has 1 N–H and O–H groups in total. The quantitative estimate of drug-likeness (QED) is 0.493. The molecule has 0 fully saturated rings. The van der Waals surface area contributed by atoms with Gasteiger partial charge in [0.1, 0.15) is 0 Å². The number of thiazole rings is 1. The van der Waals surface area contributed by atoms with Gasteiger partial charge in [0.25, 0.3) is 5.91 Å². The molecule has 0 radical (unpaired) electrons. The van der Waals surface area contributed by atoms with Crippen molar-refractivity contribution in [2.75, 3.05) is 26.2 Å². The third kappa shape index (κ3) is 4.76. The van der Waals surface area contributed by atoms with Crippen LogP contribution in [0.25, 0.3) is 0 Å². The molecule has 1 aliphatic rings. The highest BCUT2D eigenvalue weighted by Crippen LogP contribution is 2.42. The van der Waals surface area contributed by atoms with Crippen molar-refractivity contribution in [3.63, 3.8) is 0 Å². The van der Waals surface area contributed by atoms with Gasteiger partial charge >= 0.3 is 0 Å². The lowest BCUT2D eigenvalue weighted by molar-refractivity contribution is -0.129. The molecule has 0 spiro atoms. The Labute approximate surface area is 195 Å². The summed E-state index contributed by atoms with van der Waals surface area (Å²) in [5.41, 5.74) is 1.53. The Morgan fingerprint density at radius 3 is 2.52 bits per heavy atom. The number of carbonyl (C=O) groups is 2. The predicted molar refractivity (Wildman–Crippen MR) is 127 cm³/mol. The molecule has 1 amide bonds. The van der Waals surface area contributed by atoms with Crippen LogP contribution in [-0.2, 0) is 4.79 Å². The van der Waals surface area contributed by atoms with Crippen LogP contribution in [0.3, 0.4) is 0 Å². The summed E-state index contributed by atoms with van der Waals surface area (Å²) < 4.78 is 0.791. The molecule has 2 aromatic rings. The van der Waals surface area contributed by atoms with Crippen LogP contribution in [0.1, 0.15) is 52.2 Å². The maximum Gasteiger partial charge on any atom is 0.290 e. The van der Waals surface area contributed by atoms with E-state index in [1.165, 1.54) is 11.3 Å². The number of benzene rings is 1. The van der Waals surface area contributed by atoms with Crippen LogP contribution in [0, 0.1) is 13.8 Å². The van der Waals surface area contributed by atoms with E-state index in [9.17, 15) is 14.7 Å². The van der Waals surface area contributed by atoms with E-state index >= 15 is 0 Å². The largest absolute Gasteiger partial charge is 0.503 e. The Morgan fingerprint density at radius 2 is 1.94 bits per heavy atom. The van der Waals surface area contributed by atoms with Gasteiger partial charge in [-0.25, -0.2) is 4.98 Å². The van der Waals surface area contributed by atoms with Crippen molar-refractivity contribution in [3.05, 3.63) is 61.2 Å². The molecule has 6 nitrogen and oxygen atoms in total. The Hall–Kier alpha value is -2.03. The lowest BCUT2D eigenvalue weighted by Crippen LogP contribution is -2.34. The number of rotatable bonds is 9. The monoisotopic (exact) mass is 505 g/mol. The van der Waals surface area contributed by atoms with Crippen molar-refractivity contribution in [3.8, 4) is 0 Å². The second kappa shape index (κ2) is 10.1. The highest BCUT2D eigenvalue weighted by molar-refractivity contribution is 9.10. The number of amides is 1. The van der Waals surface area contributed by atoms with Crippen molar-refractivity contribution in [1.82, 2.24) is 14.8 Å². The minimum Gasteiger partial charge on any atom is -0.503 e. The molecule has 1 aromatic heterocycles. The Kier molecular flexibility index (Phi) is 7.67. The van der Waals surface area contributed by atoms with Gasteiger partial charge in [-0.2, -0.15) is 0 Å². The molecule has 0 saturated heterocycles. The summed E-state index contributed by atoms with van der Waals surface area (Å²) in [6.07, 6.45) is 0.752. The Morgan fingerprint density at radius 1 is 1.26 bits per heavy atom. The number of aromatic nitrogens is 1. The van der Waals surface area contributed by atoms with E-state index in [2.05, 4.69) is 39.7 Å². The van der Waals surface area contributed by atoms with E-state index in [4.69, 9.17) is 0 Å². The molecule has 1 unspecified atom stereocenters. The zero-order valence-corrected chi connectivity index (χ0v) is 20.7. The van der Waals surface area contributed by atoms with Crippen molar-refractivity contribution >= 4 is 39.0 Å². The van der Waals surface area contributed by atoms with Gasteiger partial charge in [0.2, 0.25) is 5.78 Å². The van der Waals surface area contributed by atoms with E-state index in [-0.39, 0.29) is 11.4 Å². The first kappa shape index (κ1) is 23.6. The van der Waals surface area contributed by atoms with Gasteiger partial charge in [-0.3, -0.25) is 9.59 Å². The van der Waals surface area contributed by atoms with Crippen LogP contribution in [0.2, 0.25) is 0 Å². The minimum atomic E-state index is -0.644. The van der Waals surface area contributed by atoms with Crippen LogP contribution in [-0.4, -0.2) is 57.8 Å². The molecule has 0 aliphatic carbocycles. The van der Waals surface area contributed by atoms with Crippen molar-refractivity contribution < 1.29 is 14.7 Å². The van der Waals surface area contributed by atoms with Gasteiger partial charge in [-0.15, -0.1) is 11.3 Å². The number of Topliss-reactive ketones (excluding diaryl/α,β-unsaturated/α-hetero) is 1. The minimum absolute atomic E-state index is 0.131. The van der Waals surface area contributed by atoms with Crippen LogP contribution >= 0.6 is 27.3 Å². The fourth-order valence-corrected chi connectivity index (χ4v) is 5.38. The molecule has 0 bridgehead atoms. The van der Waals surface area contributed by atoms with E-state index < -0.39 is 17.7 Å². The number of aliphatic hydroxyl groups excluding tert-OH is 1. The lowest BCUT2D eigenvalue weighted by Gasteiger charge is -2.28. The van der Waals surface area contributed by atoms with Gasteiger partial charge in [-0.05, 0) is 51.5 Å².